The molecule has 1 amide bonds. The Balaban J connectivity index is 0.000000414. The van der Waals surface area contributed by atoms with Crippen molar-refractivity contribution in [2.24, 2.45) is 5.92 Å². The highest BCUT2D eigenvalue weighted by atomic mass is 16.2. The van der Waals surface area contributed by atoms with Crippen LogP contribution in [-0.2, 0) is 4.79 Å². The maximum absolute atomic E-state index is 11.6. The normalized spacial score (nSPS) is 14.6. The minimum atomic E-state index is 0.0107. The van der Waals surface area contributed by atoms with Crippen molar-refractivity contribution in [2.45, 2.75) is 40.0 Å². The van der Waals surface area contributed by atoms with Gasteiger partial charge in [0.25, 0.3) is 0 Å². The Morgan fingerprint density at radius 1 is 1.22 bits per heavy atom. The van der Waals surface area contributed by atoms with Gasteiger partial charge < -0.3 is 20.0 Å². The zero-order valence-corrected chi connectivity index (χ0v) is 22.9. The lowest BCUT2D eigenvalue weighted by molar-refractivity contribution is -0.132. The summed E-state index contributed by atoms with van der Waals surface area (Å²) in [5.41, 5.74) is 4.03. The Kier molecular flexibility index (Phi) is 10.4. The second-order valence-electron chi connectivity index (χ2n) is 9.85. The summed E-state index contributed by atoms with van der Waals surface area (Å²) >= 11 is 0. The van der Waals surface area contributed by atoms with E-state index in [9.17, 15) is 4.79 Å². The Bertz CT molecular complexity index is 1100. The second-order valence-corrected chi connectivity index (χ2v) is 9.85. The Hall–Kier alpha value is -3.45. The van der Waals surface area contributed by atoms with Crippen molar-refractivity contribution in [3.05, 3.63) is 72.6 Å². The number of allylic oxidation sites excluding steroid dienone is 1. The number of carbonyl (C=O) groups excluding carboxylic acids is 1. The maximum atomic E-state index is 11.6. The van der Waals surface area contributed by atoms with Crippen molar-refractivity contribution < 1.29 is 4.79 Å². The van der Waals surface area contributed by atoms with Crippen molar-refractivity contribution in [1.29, 1.82) is 0 Å². The lowest BCUT2D eigenvalue weighted by Crippen LogP contribution is -2.50. The number of hydrogen-bond donors (Lipinski definition) is 1. The van der Waals surface area contributed by atoms with Gasteiger partial charge >= 0.3 is 0 Å². The molecule has 1 aromatic heterocycles. The average Bonchev–Trinajstić information content (AvgIpc) is 2.84. The van der Waals surface area contributed by atoms with Gasteiger partial charge in [-0.2, -0.15) is 4.98 Å². The van der Waals surface area contributed by atoms with E-state index in [4.69, 9.17) is 4.98 Å². The fourth-order valence-electron chi connectivity index (χ4n) is 4.54. The molecule has 2 aromatic rings. The van der Waals surface area contributed by atoms with Gasteiger partial charge in [0.2, 0.25) is 11.9 Å². The topological polar surface area (TPSA) is 64.6 Å². The van der Waals surface area contributed by atoms with Crippen LogP contribution in [0.3, 0.4) is 0 Å². The average molecular weight is 503 g/mol. The molecule has 0 radical (unpaired) electrons. The smallest absolute Gasteiger partial charge is 0.245 e. The van der Waals surface area contributed by atoms with Crippen LogP contribution in [0.4, 0.5) is 17.5 Å². The summed E-state index contributed by atoms with van der Waals surface area (Å²) in [4.78, 5) is 27.2. The lowest BCUT2D eigenvalue weighted by Gasteiger charge is -2.40. The third-order valence-electron chi connectivity index (χ3n) is 6.54. The summed E-state index contributed by atoms with van der Waals surface area (Å²) in [5, 5.41) is 3.29. The summed E-state index contributed by atoms with van der Waals surface area (Å²) < 4.78 is 0. The summed E-state index contributed by atoms with van der Waals surface area (Å²) in [5.74, 6) is 1.93. The van der Waals surface area contributed by atoms with E-state index in [1.54, 1.807) is 0 Å². The number of anilines is 3. The van der Waals surface area contributed by atoms with Gasteiger partial charge in [-0.3, -0.25) is 4.79 Å². The predicted molar refractivity (Wildman–Crippen MR) is 155 cm³/mol. The number of hydrogen-bond acceptors (Lipinski definition) is 6. The first-order valence-corrected chi connectivity index (χ1v) is 13.3. The molecule has 7 heteroatoms. The highest BCUT2D eigenvalue weighted by molar-refractivity contribution is 5.87. The molecule has 1 saturated heterocycles. The van der Waals surface area contributed by atoms with Crippen LogP contribution in [0.2, 0.25) is 0 Å². The van der Waals surface area contributed by atoms with Crippen LogP contribution in [0.5, 0.6) is 0 Å². The molecule has 2 aliphatic rings. The van der Waals surface area contributed by atoms with Gasteiger partial charge in [-0.15, -0.1) is 0 Å². The van der Waals surface area contributed by atoms with Gasteiger partial charge in [-0.05, 0) is 88.2 Å². The number of benzene rings is 1. The summed E-state index contributed by atoms with van der Waals surface area (Å²) in [6, 6.07) is 8.12. The minimum Gasteiger partial charge on any atom is -0.338 e. The van der Waals surface area contributed by atoms with Crippen LogP contribution < -0.4 is 10.2 Å². The van der Waals surface area contributed by atoms with Gasteiger partial charge in [0.05, 0.1) is 0 Å². The van der Waals surface area contributed by atoms with Crippen molar-refractivity contribution >= 4 is 29.4 Å². The number of aryl methyl sites for hydroxylation is 1. The van der Waals surface area contributed by atoms with E-state index in [0.29, 0.717) is 11.9 Å². The van der Waals surface area contributed by atoms with Gasteiger partial charge in [0.15, 0.2) is 0 Å². The van der Waals surface area contributed by atoms with E-state index < -0.39 is 0 Å². The second kappa shape index (κ2) is 13.7. The van der Waals surface area contributed by atoms with Crippen molar-refractivity contribution in [3.8, 4) is 0 Å². The number of rotatable bonds is 10. The minimum absolute atomic E-state index is 0.0107. The number of carbonyl (C=O) groups is 1. The van der Waals surface area contributed by atoms with Crippen molar-refractivity contribution in [2.75, 3.05) is 50.0 Å². The van der Waals surface area contributed by atoms with E-state index in [2.05, 4.69) is 73.2 Å². The molecule has 4 rings (SSSR count). The maximum Gasteiger partial charge on any atom is 0.245 e. The first kappa shape index (κ1) is 28.1. The third-order valence-corrected chi connectivity index (χ3v) is 6.54. The Morgan fingerprint density at radius 3 is 2.59 bits per heavy atom. The number of amides is 1. The largest absolute Gasteiger partial charge is 0.338 e. The Labute approximate surface area is 222 Å². The third kappa shape index (κ3) is 8.02. The van der Waals surface area contributed by atoms with Crippen molar-refractivity contribution in [3.63, 3.8) is 0 Å². The van der Waals surface area contributed by atoms with Crippen LogP contribution in [-0.4, -0.2) is 65.4 Å². The highest BCUT2D eigenvalue weighted by Crippen LogP contribution is 2.31. The number of nitrogens with one attached hydrogen (secondary N) is 1. The molecule has 37 heavy (non-hydrogen) atoms. The number of nitrogens with zero attached hydrogens (tertiary/aromatic N) is 5. The highest BCUT2D eigenvalue weighted by Gasteiger charge is 2.30. The number of likely N-dealkylation sites (tertiary alicyclic amines) is 1. The molecule has 0 aliphatic carbocycles. The fraction of sp³-hybridized carbons (Fsp3) is 0.433. The molecule has 0 unspecified atom stereocenters. The van der Waals surface area contributed by atoms with Gasteiger partial charge in [-0.25, -0.2) is 4.98 Å². The van der Waals surface area contributed by atoms with E-state index in [1.807, 2.05) is 35.4 Å². The molecule has 1 fully saturated rings. The Morgan fingerprint density at radius 2 is 1.95 bits per heavy atom. The zero-order valence-electron chi connectivity index (χ0n) is 22.9. The molecule has 0 atom stereocenters. The summed E-state index contributed by atoms with van der Waals surface area (Å²) in [7, 11) is 2.17. The quantitative estimate of drug-likeness (QED) is 0.424. The molecule has 7 nitrogen and oxygen atoms in total. The SMILES string of the molecule is C=CC(=O)N1CC(CCN2C(=C)C=Cc3cnc(Nc4cccc(C)c4)nc32)C1.CCCN(C)CCC. The van der Waals surface area contributed by atoms with Crippen molar-refractivity contribution in [1.82, 2.24) is 19.8 Å². The molecule has 3 heterocycles. The molecule has 1 aromatic carbocycles. The van der Waals surface area contributed by atoms with Crippen LogP contribution in [0.1, 0.15) is 44.2 Å². The summed E-state index contributed by atoms with van der Waals surface area (Å²) in [6.45, 7) is 19.1. The molecule has 0 bridgehead atoms. The van der Waals surface area contributed by atoms with Crippen LogP contribution >= 0.6 is 0 Å². The van der Waals surface area contributed by atoms with Crippen LogP contribution in [0.25, 0.3) is 6.08 Å². The van der Waals surface area contributed by atoms with E-state index >= 15 is 0 Å². The molecule has 198 valence electrons. The molecule has 2 aliphatic heterocycles. The zero-order chi connectivity index (χ0) is 26.8. The number of aromatic nitrogens is 2. The van der Waals surface area contributed by atoms with Crippen LogP contribution in [0, 0.1) is 12.8 Å². The standard InChI is InChI=1S/C23H25N5O.C7H17N/c1-4-21(29)27-14-18(15-27)10-11-28-17(3)8-9-19-13-24-23(26-22(19)28)25-20-7-5-6-16(2)12-20;1-4-6-8(3)7-5-2/h4-9,12-13,18H,1,3,10-11,14-15H2,2H3,(H,24,25,26);4-7H2,1-3H3. The van der Waals surface area contributed by atoms with Gasteiger partial charge in [-0.1, -0.05) is 39.1 Å². The molecule has 1 N–H and O–H groups in total. The van der Waals surface area contributed by atoms with E-state index in [1.165, 1.54) is 37.6 Å². The number of fused-ring (bicyclic) bond motifs is 1. The predicted octanol–water partition coefficient (Wildman–Crippen LogP) is 5.65. The molecule has 0 spiro atoms. The molecule has 0 saturated carbocycles. The molecular weight excluding hydrogens is 460 g/mol. The molecular formula is C30H42N6O. The fourth-order valence-corrected chi connectivity index (χ4v) is 4.54. The van der Waals surface area contributed by atoms with Crippen LogP contribution in [0.15, 0.2) is 61.5 Å². The van der Waals surface area contributed by atoms with E-state index in [0.717, 1.165) is 48.8 Å². The first-order chi connectivity index (χ1) is 17.8. The van der Waals surface area contributed by atoms with Gasteiger partial charge in [0.1, 0.15) is 5.82 Å². The van der Waals surface area contributed by atoms with Gasteiger partial charge in [0, 0.05) is 42.8 Å². The summed E-state index contributed by atoms with van der Waals surface area (Å²) in [6.07, 6.45) is 10.7. The first-order valence-electron chi connectivity index (χ1n) is 13.3. The van der Waals surface area contributed by atoms with E-state index in [-0.39, 0.29) is 5.91 Å². The lowest BCUT2D eigenvalue weighted by atomic mass is 9.95. The monoisotopic (exact) mass is 502 g/mol.